The van der Waals surface area contributed by atoms with Crippen LogP contribution in [0.2, 0.25) is 5.15 Å². The van der Waals surface area contributed by atoms with Crippen molar-refractivity contribution < 1.29 is 18.7 Å². The number of aromatic carboxylic acids is 1. The summed E-state index contributed by atoms with van der Waals surface area (Å²) >= 11 is 5.94. The van der Waals surface area contributed by atoms with Gasteiger partial charge in [-0.2, -0.15) is 5.10 Å². The Labute approximate surface area is 114 Å². The number of carboxylic acids is 1. The van der Waals surface area contributed by atoms with Gasteiger partial charge in [0.05, 0.1) is 6.04 Å². The third-order valence-corrected chi connectivity index (χ3v) is 3.83. The molecule has 0 saturated heterocycles. The fourth-order valence-corrected chi connectivity index (χ4v) is 2.88. The van der Waals surface area contributed by atoms with Crippen LogP contribution in [0.3, 0.4) is 0 Å². The maximum Gasteiger partial charge on any atom is 0.341 e. The van der Waals surface area contributed by atoms with Crippen LogP contribution in [0.15, 0.2) is 0 Å². The highest BCUT2D eigenvalue weighted by molar-refractivity contribution is 6.32. The van der Waals surface area contributed by atoms with Gasteiger partial charge < -0.3 is 5.11 Å². The smallest absolute Gasteiger partial charge is 0.341 e. The zero-order chi connectivity index (χ0) is 14.0. The van der Waals surface area contributed by atoms with Crippen molar-refractivity contribution in [2.24, 2.45) is 0 Å². The topological polar surface area (TPSA) is 55.1 Å². The Kier molecular flexibility index (Phi) is 4.39. The van der Waals surface area contributed by atoms with Gasteiger partial charge in [-0.1, -0.05) is 37.3 Å². The molecule has 106 valence electrons. The quantitative estimate of drug-likeness (QED) is 0.855. The maximum absolute atomic E-state index is 12.8. The summed E-state index contributed by atoms with van der Waals surface area (Å²) in [7, 11) is 0. The highest BCUT2D eigenvalue weighted by Crippen LogP contribution is 2.34. The average Bonchev–Trinajstić information content (AvgIpc) is 2.53. The van der Waals surface area contributed by atoms with Gasteiger partial charge >= 0.3 is 5.97 Å². The first-order valence-corrected chi connectivity index (χ1v) is 6.69. The molecule has 1 heterocycles. The second kappa shape index (κ2) is 5.86. The molecule has 7 heteroatoms. The fourth-order valence-electron chi connectivity index (χ4n) is 2.53. The molecule has 0 unspecified atom stereocenters. The van der Waals surface area contributed by atoms with Crippen LogP contribution in [0.5, 0.6) is 0 Å². The van der Waals surface area contributed by atoms with Gasteiger partial charge in [-0.15, -0.1) is 0 Å². The molecule has 1 aromatic rings. The molecule has 0 atom stereocenters. The number of aromatic nitrogens is 2. The lowest BCUT2D eigenvalue weighted by Gasteiger charge is -2.15. The van der Waals surface area contributed by atoms with Crippen molar-refractivity contribution in [1.82, 2.24) is 9.78 Å². The van der Waals surface area contributed by atoms with Crippen molar-refractivity contribution >= 4 is 17.6 Å². The Hall–Kier alpha value is -1.17. The minimum absolute atomic E-state index is 0.0828. The molecule has 1 aliphatic carbocycles. The lowest BCUT2D eigenvalue weighted by Crippen LogP contribution is -2.10. The molecule has 19 heavy (non-hydrogen) atoms. The number of carbonyl (C=O) groups is 1. The van der Waals surface area contributed by atoms with Gasteiger partial charge in [0.1, 0.15) is 16.4 Å². The van der Waals surface area contributed by atoms with E-state index in [0.717, 1.165) is 38.5 Å². The largest absolute Gasteiger partial charge is 0.478 e. The lowest BCUT2D eigenvalue weighted by molar-refractivity contribution is 0.0684. The van der Waals surface area contributed by atoms with Gasteiger partial charge in [-0.3, -0.25) is 0 Å². The summed E-state index contributed by atoms with van der Waals surface area (Å²) in [5.74, 6) is -1.46. The minimum Gasteiger partial charge on any atom is -0.478 e. The standard InChI is InChI=1S/C12H15ClF2N2O2/c13-10-8(12(18)19)9(11(14)15)16-17(10)7-5-3-1-2-4-6-7/h7,11H,1-6H2,(H,18,19). The van der Waals surface area contributed by atoms with Crippen molar-refractivity contribution in [1.29, 1.82) is 0 Å². The molecule has 0 aliphatic heterocycles. The van der Waals surface area contributed by atoms with Gasteiger partial charge in [-0.25, -0.2) is 18.3 Å². The van der Waals surface area contributed by atoms with Crippen molar-refractivity contribution in [2.75, 3.05) is 0 Å². The number of halogens is 3. The summed E-state index contributed by atoms with van der Waals surface area (Å²) in [5, 5.41) is 12.6. The first kappa shape index (κ1) is 14.2. The van der Waals surface area contributed by atoms with Crippen molar-refractivity contribution in [3.05, 3.63) is 16.4 Å². The second-order valence-corrected chi connectivity index (χ2v) is 5.10. The fraction of sp³-hybridized carbons (Fsp3) is 0.667. The van der Waals surface area contributed by atoms with E-state index in [0.29, 0.717) is 0 Å². The predicted octanol–water partition coefficient (Wildman–Crippen LogP) is 4.07. The van der Waals surface area contributed by atoms with Gasteiger partial charge in [0.25, 0.3) is 6.43 Å². The minimum atomic E-state index is -2.93. The third kappa shape index (κ3) is 2.88. The van der Waals surface area contributed by atoms with E-state index in [-0.39, 0.29) is 11.2 Å². The van der Waals surface area contributed by atoms with Crippen molar-refractivity contribution in [3.63, 3.8) is 0 Å². The summed E-state index contributed by atoms with van der Waals surface area (Å²) in [5.41, 5.74) is -1.30. The van der Waals surface area contributed by atoms with Crippen LogP contribution in [0, 0.1) is 0 Å². The van der Waals surface area contributed by atoms with E-state index in [9.17, 15) is 13.6 Å². The third-order valence-electron chi connectivity index (χ3n) is 3.47. The summed E-state index contributed by atoms with van der Waals surface area (Å²) in [6.45, 7) is 0. The molecular weight excluding hydrogens is 278 g/mol. The zero-order valence-corrected chi connectivity index (χ0v) is 11.0. The van der Waals surface area contributed by atoms with Crippen LogP contribution in [0.25, 0.3) is 0 Å². The van der Waals surface area contributed by atoms with Crippen molar-refractivity contribution in [3.8, 4) is 0 Å². The summed E-state index contributed by atoms with van der Waals surface area (Å²) in [6, 6.07) is -0.0828. The van der Waals surface area contributed by atoms with Gasteiger partial charge in [0.15, 0.2) is 0 Å². The van der Waals surface area contributed by atoms with Gasteiger partial charge in [-0.05, 0) is 12.8 Å². The Morgan fingerprint density at radius 1 is 1.32 bits per heavy atom. The van der Waals surface area contributed by atoms with Crippen LogP contribution in [-0.2, 0) is 0 Å². The van der Waals surface area contributed by atoms with Gasteiger partial charge in [0, 0.05) is 0 Å². The Bertz CT molecular complexity index is 469. The van der Waals surface area contributed by atoms with Crippen LogP contribution in [0.4, 0.5) is 8.78 Å². The van der Waals surface area contributed by atoms with E-state index in [1.807, 2.05) is 0 Å². The molecule has 0 radical (unpaired) electrons. The van der Waals surface area contributed by atoms with E-state index in [4.69, 9.17) is 16.7 Å². The SMILES string of the molecule is O=C(O)c1c(C(F)F)nn(C2CCCCCC2)c1Cl. The first-order chi connectivity index (χ1) is 9.02. The predicted molar refractivity (Wildman–Crippen MR) is 65.9 cm³/mol. The molecule has 0 amide bonds. The molecule has 1 fully saturated rings. The second-order valence-electron chi connectivity index (χ2n) is 4.75. The number of nitrogens with zero attached hydrogens (tertiary/aromatic N) is 2. The number of alkyl halides is 2. The van der Waals surface area contributed by atoms with Crippen molar-refractivity contribution in [2.45, 2.75) is 51.0 Å². The molecule has 1 N–H and O–H groups in total. The molecule has 1 aliphatic rings. The monoisotopic (exact) mass is 292 g/mol. The Balaban J connectivity index is 2.40. The van der Waals surface area contributed by atoms with Crippen LogP contribution in [-0.4, -0.2) is 20.9 Å². The highest BCUT2D eigenvalue weighted by atomic mass is 35.5. The molecule has 1 saturated carbocycles. The first-order valence-electron chi connectivity index (χ1n) is 6.31. The molecular formula is C12H15ClF2N2O2. The Morgan fingerprint density at radius 3 is 2.32 bits per heavy atom. The van der Waals surface area contributed by atoms with E-state index >= 15 is 0 Å². The molecule has 0 aromatic carbocycles. The van der Waals surface area contributed by atoms with E-state index in [2.05, 4.69) is 5.10 Å². The molecule has 4 nitrogen and oxygen atoms in total. The molecule has 1 aromatic heterocycles. The maximum atomic E-state index is 12.8. The highest BCUT2D eigenvalue weighted by Gasteiger charge is 2.30. The molecule has 0 bridgehead atoms. The normalized spacial score (nSPS) is 17.7. The lowest BCUT2D eigenvalue weighted by atomic mass is 10.1. The van der Waals surface area contributed by atoms with Crippen LogP contribution < -0.4 is 0 Å². The van der Waals surface area contributed by atoms with E-state index in [1.54, 1.807) is 0 Å². The summed E-state index contributed by atoms with van der Waals surface area (Å²) < 4.78 is 26.9. The molecule has 2 rings (SSSR count). The van der Waals surface area contributed by atoms with E-state index < -0.39 is 23.7 Å². The van der Waals surface area contributed by atoms with Crippen LogP contribution >= 0.6 is 11.6 Å². The average molecular weight is 293 g/mol. The van der Waals surface area contributed by atoms with Crippen LogP contribution in [0.1, 0.15) is 67.0 Å². The summed E-state index contributed by atoms with van der Waals surface area (Å²) in [6.07, 6.45) is 2.81. The number of rotatable bonds is 3. The Morgan fingerprint density at radius 2 is 1.89 bits per heavy atom. The number of carboxylic acid groups (broad SMARTS) is 1. The van der Waals surface area contributed by atoms with Gasteiger partial charge in [0.2, 0.25) is 0 Å². The zero-order valence-electron chi connectivity index (χ0n) is 10.3. The molecule has 0 spiro atoms. The number of hydrogen-bond acceptors (Lipinski definition) is 2. The van der Waals surface area contributed by atoms with E-state index in [1.165, 1.54) is 4.68 Å². The summed E-state index contributed by atoms with van der Waals surface area (Å²) in [4.78, 5) is 11.0. The number of hydrogen-bond donors (Lipinski definition) is 1.